The number of benzene rings is 2. The first-order chi connectivity index (χ1) is 15.1. The first-order valence-electron chi connectivity index (χ1n) is 9.20. The highest BCUT2D eigenvalue weighted by atomic mass is 32.2. The average molecular weight is 472 g/mol. The highest BCUT2D eigenvalue weighted by Crippen LogP contribution is 2.36. The second kappa shape index (κ2) is 9.34. The van der Waals surface area contributed by atoms with Gasteiger partial charge < -0.3 is 14.2 Å². The predicted molar refractivity (Wildman–Crippen MR) is 108 cm³/mol. The van der Waals surface area contributed by atoms with Crippen LogP contribution in [0.4, 0.5) is 20.2 Å². The lowest BCUT2D eigenvalue weighted by atomic mass is 10.1. The number of methoxy groups -OCH3 is 1. The van der Waals surface area contributed by atoms with E-state index in [1.54, 1.807) is 0 Å². The molecular weight excluding hydrogens is 454 g/mol. The topological polar surface area (TPSA) is 125 Å². The molecule has 3 rings (SSSR count). The summed E-state index contributed by atoms with van der Waals surface area (Å²) < 4.78 is 64.5. The van der Waals surface area contributed by atoms with Crippen LogP contribution in [0.25, 0.3) is 0 Å². The normalized spacial score (nSPS) is 14.9. The third-order valence-corrected chi connectivity index (χ3v) is 6.50. The number of nitrogens with zero attached hydrogens (tertiary/aromatic N) is 2. The molecule has 0 aromatic heterocycles. The number of anilines is 1. The maximum Gasteiger partial charge on any atom is 0.387 e. The Morgan fingerprint density at radius 1 is 1.22 bits per heavy atom. The summed E-state index contributed by atoms with van der Waals surface area (Å²) in [6.07, 6.45) is 0.509. The first-order valence-corrected chi connectivity index (χ1v) is 10.8. The van der Waals surface area contributed by atoms with Gasteiger partial charge in [-0.15, -0.1) is 0 Å². The number of alkyl halides is 2. The van der Waals surface area contributed by atoms with Crippen molar-refractivity contribution in [1.82, 2.24) is 0 Å². The summed E-state index contributed by atoms with van der Waals surface area (Å²) in [5.74, 6) is -1.49. The molecule has 0 radical (unpaired) electrons. The second-order valence-corrected chi connectivity index (χ2v) is 8.64. The standard InChI is InChI=1S/C19H18F2N2O8S/c1-29-16-9-13(15(23(25)26)10-17(16)31-19(20)21)11-30-18(24)12-3-5-14(6-4-12)22-7-2-8-32(22,27)28/h3-6,9-10,19H,2,7-8,11H2,1H3. The third-order valence-electron chi connectivity index (χ3n) is 4.63. The van der Waals surface area contributed by atoms with Crippen LogP contribution in [0.15, 0.2) is 36.4 Å². The summed E-state index contributed by atoms with van der Waals surface area (Å²) in [7, 11) is -2.20. The number of carbonyl (C=O) groups is 1. The van der Waals surface area contributed by atoms with Crippen LogP contribution in [-0.2, 0) is 21.4 Å². The zero-order valence-corrected chi connectivity index (χ0v) is 17.5. The Labute approximate surface area is 181 Å². The van der Waals surface area contributed by atoms with E-state index in [9.17, 15) is 32.1 Å². The summed E-state index contributed by atoms with van der Waals surface area (Å²) >= 11 is 0. The Morgan fingerprint density at radius 3 is 2.44 bits per heavy atom. The summed E-state index contributed by atoms with van der Waals surface area (Å²) in [5, 5.41) is 11.3. The van der Waals surface area contributed by atoms with Gasteiger partial charge in [-0.05, 0) is 36.8 Å². The van der Waals surface area contributed by atoms with Crippen LogP contribution >= 0.6 is 0 Å². The fourth-order valence-electron chi connectivity index (χ4n) is 3.14. The van der Waals surface area contributed by atoms with Crippen LogP contribution in [0.3, 0.4) is 0 Å². The molecule has 0 saturated carbocycles. The van der Waals surface area contributed by atoms with E-state index >= 15 is 0 Å². The zero-order valence-electron chi connectivity index (χ0n) is 16.7. The molecule has 32 heavy (non-hydrogen) atoms. The van der Waals surface area contributed by atoms with E-state index in [2.05, 4.69) is 4.74 Å². The van der Waals surface area contributed by atoms with Crippen molar-refractivity contribution < 1.29 is 41.1 Å². The lowest BCUT2D eigenvalue weighted by Gasteiger charge is -2.17. The Morgan fingerprint density at radius 2 is 1.91 bits per heavy atom. The van der Waals surface area contributed by atoms with E-state index in [4.69, 9.17) is 9.47 Å². The Balaban J connectivity index is 1.76. The maximum atomic E-state index is 12.5. The minimum absolute atomic E-state index is 0.0557. The van der Waals surface area contributed by atoms with Crippen molar-refractivity contribution in [2.75, 3.05) is 23.7 Å². The van der Waals surface area contributed by atoms with Crippen LogP contribution < -0.4 is 13.8 Å². The number of esters is 1. The number of sulfonamides is 1. The fourth-order valence-corrected chi connectivity index (χ4v) is 4.71. The minimum atomic E-state index is -3.37. The molecule has 172 valence electrons. The van der Waals surface area contributed by atoms with Crippen molar-refractivity contribution in [3.63, 3.8) is 0 Å². The summed E-state index contributed by atoms with van der Waals surface area (Å²) in [4.78, 5) is 22.8. The number of nitro groups is 1. The van der Waals surface area contributed by atoms with E-state index < -0.39 is 45.6 Å². The van der Waals surface area contributed by atoms with Gasteiger partial charge in [-0.3, -0.25) is 14.4 Å². The molecule has 10 nitrogen and oxygen atoms in total. The van der Waals surface area contributed by atoms with Crippen molar-refractivity contribution in [3.8, 4) is 11.5 Å². The maximum absolute atomic E-state index is 12.5. The molecular formula is C19H18F2N2O8S. The Kier molecular flexibility index (Phi) is 6.77. The fraction of sp³-hybridized carbons (Fsp3) is 0.316. The van der Waals surface area contributed by atoms with Gasteiger partial charge in [0.2, 0.25) is 10.0 Å². The van der Waals surface area contributed by atoms with E-state index in [1.807, 2.05) is 0 Å². The van der Waals surface area contributed by atoms with E-state index in [0.29, 0.717) is 18.7 Å². The van der Waals surface area contributed by atoms with Gasteiger partial charge in [-0.1, -0.05) is 0 Å². The number of nitro benzene ring substituents is 1. The Bertz CT molecular complexity index is 1120. The molecule has 13 heteroatoms. The molecule has 1 aliphatic heterocycles. The van der Waals surface area contributed by atoms with Gasteiger partial charge in [-0.25, -0.2) is 13.2 Å². The molecule has 1 saturated heterocycles. The molecule has 0 N–H and O–H groups in total. The predicted octanol–water partition coefficient (Wildman–Crippen LogP) is 3.10. The number of carbonyl (C=O) groups excluding carboxylic acids is 1. The minimum Gasteiger partial charge on any atom is -0.493 e. The van der Waals surface area contributed by atoms with E-state index in [0.717, 1.165) is 19.2 Å². The number of hydrogen-bond acceptors (Lipinski definition) is 8. The van der Waals surface area contributed by atoms with Gasteiger partial charge in [0.15, 0.2) is 11.5 Å². The molecule has 0 amide bonds. The number of hydrogen-bond donors (Lipinski definition) is 0. The van der Waals surface area contributed by atoms with Crippen molar-refractivity contribution in [2.45, 2.75) is 19.6 Å². The molecule has 2 aromatic carbocycles. The van der Waals surface area contributed by atoms with Crippen LogP contribution in [0.5, 0.6) is 11.5 Å². The highest BCUT2D eigenvalue weighted by Gasteiger charge is 2.28. The van der Waals surface area contributed by atoms with Gasteiger partial charge in [0.05, 0.1) is 40.7 Å². The monoisotopic (exact) mass is 472 g/mol. The van der Waals surface area contributed by atoms with Gasteiger partial charge in [-0.2, -0.15) is 8.78 Å². The molecule has 1 aliphatic rings. The molecule has 0 atom stereocenters. The number of rotatable bonds is 8. The molecule has 2 aromatic rings. The van der Waals surface area contributed by atoms with Crippen LogP contribution in [0, 0.1) is 10.1 Å². The van der Waals surface area contributed by atoms with E-state index in [-0.39, 0.29) is 22.6 Å². The number of halogens is 2. The van der Waals surface area contributed by atoms with E-state index in [1.165, 1.54) is 28.6 Å². The molecule has 1 fully saturated rings. The van der Waals surface area contributed by atoms with Gasteiger partial charge in [0, 0.05) is 6.54 Å². The van der Waals surface area contributed by atoms with Crippen molar-refractivity contribution >= 4 is 27.4 Å². The largest absolute Gasteiger partial charge is 0.493 e. The number of ether oxygens (including phenoxy) is 3. The summed E-state index contributed by atoms with van der Waals surface area (Å²) in [5.41, 5.74) is -0.183. The molecule has 1 heterocycles. The third kappa shape index (κ3) is 5.04. The van der Waals surface area contributed by atoms with Crippen LogP contribution in [0.2, 0.25) is 0 Å². The zero-order chi connectivity index (χ0) is 23.5. The SMILES string of the molecule is COc1cc(COC(=O)c2ccc(N3CCCS3(=O)=O)cc2)c([N+](=O)[O-])cc1OC(F)F. The smallest absolute Gasteiger partial charge is 0.387 e. The summed E-state index contributed by atoms with van der Waals surface area (Å²) in [6, 6.07) is 7.51. The van der Waals surface area contributed by atoms with Crippen LogP contribution in [0.1, 0.15) is 22.3 Å². The molecule has 0 bridgehead atoms. The summed E-state index contributed by atoms with van der Waals surface area (Å²) in [6.45, 7) is -3.41. The molecule has 0 unspecified atom stereocenters. The van der Waals surface area contributed by atoms with Gasteiger partial charge in [0.1, 0.15) is 6.61 Å². The molecule has 0 aliphatic carbocycles. The van der Waals surface area contributed by atoms with Gasteiger partial charge >= 0.3 is 12.6 Å². The van der Waals surface area contributed by atoms with Crippen molar-refractivity contribution in [3.05, 3.63) is 57.6 Å². The average Bonchev–Trinajstić information content (AvgIpc) is 3.10. The Hall–Kier alpha value is -3.48. The quantitative estimate of drug-likeness (QED) is 0.326. The lowest BCUT2D eigenvalue weighted by Crippen LogP contribution is -2.25. The second-order valence-electron chi connectivity index (χ2n) is 6.63. The van der Waals surface area contributed by atoms with Crippen molar-refractivity contribution in [2.24, 2.45) is 0 Å². The molecule has 0 spiro atoms. The highest BCUT2D eigenvalue weighted by molar-refractivity contribution is 7.93. The first kappa shape index (κ1) is 23.2. The lowest BCUT2D eigenvalue weighted by molar-refractivity contribution is -0.386. The van der Waals surface area contributed by atoms with Crippen LogP contribution in [-0.4, -0.2) is 45.3 Å². The van der Waals surface area contributed by atoms with Gasteiger partial charge in [0.25, 0.3) is 5.69 Å². The van der Waals surface area contributed by atoms with Crippen molar-refractivity contribution in [1.29, 1.82) is 0 Å².